The zero-order valence-electron chi connectivity index (χ0n) is 16.6. The standard InChI is InChI=1S/C24H22ClFN2O2/c1-2-3-14-30-18-11-8-16(9-12-18)23-27-22-7-5-4-6-19(22)24(29)28(23)17-10-13-21(26)20(25)15-17/h4-13,15,23,27H,2-3,14H2,1H3. The highest BCUT2D eigenvalue weighted by Gasteiger charge is 2.34. The number of hydrogen-bond donors (Lipinski definition) is 1. The van der Waals surface area contributed by atoms with E-state index in [0.29, 0.717) is 17.9 Å². The van der Waals surface area contributed by atoms with Crippen molar-refractivity contribution in [3.8, 4) is 5.75 Å². The van der Waals surface area contributed by atoms with Crippen LogP contribution in [0.1, 0.15) is 41.9 Å². The molecule has 0 aliphatic carbocycles. The van der Waals surface area contributed by atoms with Crippen molar-refractivity contribution in [1.82, 2.24) is 0 Å². The number of unbranched alkanes of at least 4 members (excludes halogenated alkanes) is 1. The lowest BCUT2D eigenvalue weighted by atomic mass is 10.0. The summed E-state index contributed by atoms with van der Waals surface area (Å²) in [5.41, 5.74) is 2.69. The van der Waals surface area contributed by atoms with Gasteiger partial charge in [-0.3, -0.25) is 9.69 Å². The van der Waals surface area contributed by atoms with Crippen LogP contribution >= 0.6 is 11.6 Å². The number of rotatable bonds is 6. The summed E-state index contributed by atoms with van der Waals surface area (Å²) in [7, 11) is 0. The first kappa shape index (κ1) is 20.2. The van der Waals surface area contributed by atoms with Crippen molar-refractivity contribution in [2.24, 2.45) is 0 Å². The number of fused-ring (bicyclic) bond motifs is 1. The minimum Gasteiger partial charge on any atom is -0.494 e. The van der Waals surface area contributed by atoms with Gasteiger partial charge in [-0.25, -0.2) is 4.39 Å². The van der Waals surface area contributed by atoms with Crippen molar-refractivity contribution in [2.45, 2.75) is 25.9 Å². The molecule has 154 valence electrons. The third kappa shape index (κ3) is 3.98. The highest BCUT2D eigenvalue weighted by molar-refractivity contribution is 6.31. The number of para-hydroxylation sites is 1. The number of hydrogen-bond acceptors (Lipinski definition) is 3. The summed E-state index contributed by atoms with van der Waals surface area (Å²) in [5.74, 6) is 0.0785. The van der Waals surface area contributed by atoms with Gasteiger partial charge in [0.15, 0.2) is 0 Å². The predicted molar refractivity (Wildman–Crippen MR) is 118 cm³/mol. The molecule has 1 aliphatic heterocycles. The maximum Gasteiger partial charge on any atom is 0.262 e. The number of halogens is 2. The molecule has 0 saturated heterocycles. The van der Waals surface area contributed by atoms with E-state index in [0.717, 1.165) is 29.8 Å². The molecule has 1 atom stereocenters. The van der Waals surface area contributed by atoms with Gasteiger partial charge in [0, 0.05) is 11.4 Å². The fourth-order valence-electron chi connectivity index (χ4n) is 3.47. The molecule has 1 heterocycles. The van der Waals surface area contributed by atoms with Crippen LogP contribution in [0.5, 0.6) is 5.75 Å². The van der Waals surface area contributed by atoms with E-state index >= 15 is 0 Å². The molecule has 0 radical (unpaired) electrons. The Bertz CT molecular complexity index is 1060. The Balaban J connectivity index is 1.71. The fraction of sp³-hybridized carbons (Fsp3) is 0.208. The molecular weight excluding hydrogens is 403 g/mol. The minimum absolute atomic E-state index is 0.0300. The van der Waals surface area contributed by atoms with Crippen LogP contribution in [0.3, 0.4) is 0 Å². The van der Waals surface area contributed by atoms with Gasteiger partial charge >= 0.3 is 0 Å². The van der Waals surface area contributed by atoms with E-state index in [4.69, 9.17) is 16.3 Å². The molecule has 0 spiro atoms. The van der Waals surface area contributed by atoms with E-state index in [1.165, 1.54) is 12.1 Å². The topological polar surface area (TPSA) is 41.6 Å². The molecule has 1 amide bonds. The molecule has 4 nitrogen and oxygen atoms in total. The van der Waals surface area contributed by atoms with Gasteiger partial charge in [0.05, 0.1) is 17.2 Å². The number of carbonyl (C=O) groups excluding carboxylic acids is 1. The molecule has 1 unspecified atom stereocenters. The zero-order valence-corrected chi connectivity index (χ0v) is 17.3. The van der Waals surface area contributed by atoms with Gasteiger partial charge in [-0.05, 0) is 54.4 Å². The number of nitrogens with zero attached hydrogens (tertiary/aromatic N) is 1. The first-order chi connectivity index (χ1) is 14.6. The molecule has 4 rings (SSSR count). The van der Waals surface area contributed by atoms with E-state index in [-0.39, 0.29) is 10.9 Å². The fourth-order valence-corrected chi connectivity index (χ4v) is 3.64. The van der Waals surface area contributed by atoms with Crippen molar-refractivity contribution < 1.29 is 13.9 Å². The minimum atomic E-state index is -0.525. The number of benzene rings is 3. The van der Waals surface area contributed by atoms with E-state index < -0.39 is 12.0 Å². The highest BCUT2D eigenvalue weighted by atomic mass is 35.5. The van der Waals surface area contributed by atoms with Crippen LogP contribution < -0.4 is 15.0 Å². The molecule has 3 aromatic carbocycles. The maximum absolute atomic E-state index is 13.7. The predicted octanol–water partition coefficient (Wildman–Crippen LogP) is 6.43. The third-order valence-corrected chi connectivity index (χ3v) is 5.36. The SMILES string of the molecule is CCCCOc1ccc(C2Nc3ccccc3C(=O)N2c2ccc(F)c(Cl)c2)cc1. The van der Waals surface area contributed by atoms with Crippen LogP contribution in [-0.2, 0) is 0 Å². The van der Waals surface area contributed by atoms with Gasteiger partial charge in [0.1, 0.15) is 17.7 Å². The largest absolute Gasteiger partial charge is 0.494 e. The number of amides is 1. The zero-order chi connectivity index (χ0) is 21.1. The Morgan fingerprint density at radius 1 is 1.10 bits per heavy atom. The average Bonchev–Trinajstić information content (AvgIpc) is 2.76. The lowest BCUT2D eigenvalue weighted by Crippen LogP contribution is -2.43. The van der Waals surface area contributed by atoms with Gasteiger partial charge in [-0.2, -0.15) is 0 Å². The normalized spacial score (nSPS) is 15.5. The number of nitrogens with one attached hydrogen (secondary N) is 1. The second kappa shape index (κ2) is 8.76. The molecule has 0 fully saturated rings. The molecule has 0 bridgehead atoms. The first-order valence-corrected chi connectivity index (χ1v) is 10.3. The first-order valence-electron chi connectivity index (χ1n) is 9.95. The van der Waals surface area contributed by atoms with Crippen LogP contribution in [0.4, 0.5) is 15.8 Å². The Morgan fingerprint density at radius 2 is 1.87 bits per heavy atom. The summed E-state index contributed by atoms with van der Waals surface area (Å²) < 4.78 is 19.5. The lowest BCUT2D eigenvalue weighted by Gasteiger charge is -2.38. The second-order valence-electron chi connectivity index (χ2n) is 7.14. The maximum atomic E-state index is 13.7. The van der Waals surface area contributed by atoms with Gasteiger partial charge in [0.2, 0.25) is 0 Å². The van der Waals surface area contributed by atoms with Crippen molar-refractivity contribution >= 4 is 28.9 Å². The summed E-state index contributed by atoms with van der Waals surface area (Å²) in [6.45, 7) is 2.79. The number of ether oxygens (including phenoxy) is 1. The second-order valence-corrected chi connectivity index (χ2v) is 7.54. The van der Waals surface area contributed by atoms with Crippen LogP contribution in [-0.4, -0.2) is 12.5 Å². The summed E-state index contributed by atoms with van der Waals surface area (Å²) in [6.07, 6.45) is 1.59. The van der Waals surface area contributed by atoms with Gasteiger partial charge < -0.3 is 10.1 Å². The van der Waals surface area contributed by atoms with Gasteiger partial charge in [-0.1, -0.05) is 49.2 Å². The molecule has 0 saturated carbocycles. The van der Waals surface area contributed by atoms with Crippen molar-refractivity contribution in [1.29, 1.82) is 0 Å². The van der Waals surface area contributed by atoms with Crippen LogP contribution in [0.15, 0.2) is 66.7 Å². The van der Waals surface area contributed by atoms with Crippen molar-refractivity contribution in [3.63, 3.8) is 0 Å². The summed E-state index contributed by atoms with van der Waals surface area (Å²) >= 11 is 6.01. The van der Waals surface area contributed by atoms with E-state index in [9.17, 15) is 9.18 Å². The molecule has 3 aromatic rings. The summed E-state index contributed by atoms with van der Waals surface area (Å²) in [6, 6.07) is 19.3. The lowest BCUT2D eigenvalue weighted by molar-refractivity contribution is 0.0975. The Kier molecular flexibility index (Phi) is 5.91. The van der Waals surface area contributed by atoms with E-state index in [1.807, 2.05) is 42.5 Å². The monoisotopic (exact) mass is 424 g/mol. The quantitative estimate of drug-likeness (QED) is 0.463. The van der Waals surface area contributed by atoms with Gasteiger partial charge in [0.25, 0.3) is 5.91 Å². The molecule has 30 heavy (non-hydrogen) atoms. The summed E-state index contributed by atoms with van der Waals surface area (Å²) in [4.78, 5) is 15.0. The van der Waals surface area contributed by atoms with Crippen molar-refractivity contribution in [2.75, 3.05) is 16.8 Å². The van der Waals surface area contributed by atoms with Crippen LogP contribution in [0.25, 0.3) is 0 Å². The van der Waals surface area contributed by atoms with Crippen molar-refractivity contribution in [3.05, 3.63) is 88.7 Å². The average molecular weight is 425 g/mol. The molecule has 1 aliphatic rings. The van der Waals surface area contributed by atoms with Gasteiger partial charge in [-0.15, -0.1) is 0 Å². The number of carbonyl (C=O) groups is 1. The van der Waals surface area contributed by atoms with Crippen LogP contribution in [0.2, 0.25) is 5.02 Å². The molecule has 6 heteroatoms. The molecule has 0 aromatic heterocycles. The Hall–Kier alpha value is -3.05. The van der Waals surface area contributed by atoms with E-state index in [2.05, 4.69) is 12.2 Å². The highest BCUT2D eigenvalue weighted by Crippen LogP contribution is 2.38. The molecular formula is C24H22ClFN2O2. The Labute approximate surface area is 180 Å². The third-order valence-electron chi connectivity index (χ3n) is 5.07. The van der Waals surface area contributed by atoms with E-state index in [1.54, 1.807) is 17.0 Å². The smallest absolute Gasteiger partial charge is 0.262 e. The van der Waals surface area contributed by atoms with Crippen LogP contribution in [0, 0.1) is 5.82 Å². The summed E-state index contributed by atoms with van der Waals surface area (Å²) in [5, 5.41) is 3.40. The Morgan fingerprint density at radius 3 is 2.60 bits per heavy atom. The number of anilines is 2. The molecule has 1 N–H and O–H groups in total.